The van der Waals surface area contributed by atoms with Crippen LogP contribution in [0.2, 0.25) is 0 Å². The fourth-order valence-electron chi connectivity index (χ4n) is 4.66. The smallest absolute Gasteiger partial charge is 0.231 e. The summed E-state index contributed by atoms with van der Waals surface area (Å²) in [5.41, 5.74) is 4.24. The number of hydrogen-bond donors (Lipinski definition) is 0. The molecule has 0 N–H and O–H groups in total. The molecule has 5 rings (SSSR count). The van der Waals surface area contributed by atoms with Crippen molar-refractivity contribution in [2.45, 2.75) is 26.9 Å². The molecule has 36 heavy (non-hydrogen) atoms. The summed E-state index contributed by atoms with van der Waals surface area (Å²) in [7, 11) is 3.25. The summed E-state index contributed by atoms with van der Waals surface area (Å²) in [5.74, 6) is 3.58. The molecule has 2 heterocycles. The standard InChI is InChI=1S/C29H29NO6/c1-5-34-23-9-7-6-8-20(23)14-26-27(31)22-13-21-16-30(17-35-28(21)18(2)29(22)36-26)15-19-10-11-24(32-3)25(12-19)33-4/h6-14H,5,15-17H2,1-4H3/b26-14-. The van der Waals surface area contributed by atoms with Gasteiger partial charge in [0.25, 0.3) is 0 Å². The van der Waals surface area contributed by atoms with E-state index in [0.29, 0.717) is 55.0 Å². The van der Waals surface area contributed by atoms with Crippen molar-refractivity contribution in [2.75, 3.05) is 27.6 Å². The van der Waals surface area contributed by atoms with E-state index in [0.717, 1.165) is 28.0 Å². The molecule has 0 aromatic heterocycles. The largest absolute Gasteiger partial charge is 0.493 e. The molecule has 3 aromatic rings. The molecule has 0 atom stereocenters. The maximum absolute atomic E-state index is 13.3. The SMILES string of the molecule is CCOc1ccccc1/C=C1\Oc2c(cc3c(c2C)OCN(Cc2ccc(OC)c(OC)c2)C3)C1=O. The molecule has 186 valence electrons. The minimum Gasteiger partial charge on any atom is -0.493 e. The van der Waals surface area contributed by atoms with Crippen LogP contribution in [0, 0.1) is 6.92 Å². The van der Waals surface area contributed by atoms with E-state index in [2.05, 4.69) is 4.90 Å². The molecule has 0 spiro atoms. The van der Waals surface area contributed by atoms with E-state index in [1.54, 1.807) is 20.3 Å². The molecule has 2 aliphatic heterocycles. The summed E-state index contributed by atoms with van der Waals surface area (Å²) in [6.07, 6.45) is 1.75. The van der Waals surface area contributed by atoms with Gasteiger partial charge in [0, 0.05) is 29.8 Å². The predicted molar refractivity (Wildman–Crippen MR) is 136 cm³/mol. The highest BCUT2D eigenvalue weighted by molar-refractivity contribution is 6.15. The number of Topliss-reactive ketones (excluding diaryl/α,β-unsaturated/α-hetero) is 1. The van der Waals surface area contributed by atoms with Crippen molar-refractivity contribution >= 4 is 11.9 Å². The van der Waals surface area contributed by atoms with Gasteiger partial charge in [0.15, 0.2) is 17.3 Å². The molecule has 3 aromatic carbocycles. The summed E-state index contributed by atoms with van der Waals surface area (Å²) in [6.45, 7) is 6.15. The Hall–Kier alpha value is -3.97. The first-order valence-electron chi connectivity index (χ1n) is 11.9. The van der Waals surface area contributed by atoms with Gasteiger partial charge in [-0.1, -0.05) is 24.3 Å². The molecule has 2 aliphatic rings. The minimum atomic E-state index is -0.140. The predicted octanol–water partition coefficient (Wildman–Crippen LogP) is 5.38. The molecule has 0 radical (unpaired) electrons. The lowest BCUT2D eigenvalue weighted by Gasteiger charge is -2.30. The Morgan fingerprint density at radius 3 is 2.58 bits per heavy atom. The van der Waals surface area contributed by atoms with Crippen LogP contribution in [0.4, 0.5) is 0 Å². The monoisotopic (exact) mass is 487 g/mol. The van der Waals surface area contributed by atoms with Crippen LogP contribution in [0.5, 0.6) is 28.7 Å². The van der Waals surface area contributed by atoms with E-state index in [4.69, 9.17) is 23.7 Å². The number of methoxy groups -OCH3 is 2. The highest BCUT2D eigenvalue weighted by atomic mass is 16.5. The molecule has 0 fully saturated rings. The number of hydrogen-bond acceptors (Lipinski definition) is 7. The van der Waals surface area contributed by atoms with Gasteiger partial charge in [-0.25, -0.2) is 0 Å². The number of rotatable bonds is 7. The van der Waals surface area contributed by atoms with E-state index in [1.165, 1.54) is 0 Å². The van der Waals surface area contributed by atoms with E-state index >= 15 is 0 Å². The van der Waals surface area contributed by atoms with Gasteiger partial charge in [0.1, 0.15) is 24.0 Å². The number of fused-ring (bicyclic) bond motifs is 2. The van der Waals surface area contributed by atoms with Crippen molar-refractivity contribution in [2.24, 2.45) is 0 Å². The molecule has 0 saturated carbocycles. The molecule has 0 amide bonds. The fraction of sp³-hybridized carbons (Fsp3) is 0.276. The van der Waals surface area contributed by atoms with Crippen molar-refractivity contribution < 1.29 is 28.5 Å². The second-order valence-corrected chi connectivity index (χ2v) is 8.73. The van der Waals surface area contributed by atoms with Crippen LogP contribution in [0.1, 0.15) is 39.5 Å². The summed E-state index contributed by atoms with van der Waals surface area (Å²) in [4.78, 5) is 15.5. The van der Waals surface area contributed by atoms with Gasteiger partial charge in [-0.3, -0.25) is 9.69 Å². The van der Waals surface area contributed by atoms with Gasteiger partial charge in [-0.2, -0.15) is 0 Å². The first-order valence-corrected chi connectivity index (χ1v) is 11.9. The number of ether oxygens (including phenoxy) is 5. The first-order chi connectivity index (χ1) is 17.5. The van der Waals surface area contributed by atoms with Crippen molar-refractivity contribution in [3.63, 3.8) is 0 Å². The average Bonchev–Trinajstić information content (AvgIpc) is 3.20. The Balaban J connectivity index is 1.39. The van der Waals surface area contributed by atoms with Crippen LogP contribution in [-0.4, -0.2) is 38.2 Å². The Morgan fingerprint density at radius 1 is 1.00 bits per heavy atom. The van der Waals surface area contributed by atoms with Crippen molar-refractivity contribution in [3.8, 4) is 28.7 Å². The quantitative estimate of drug-likeness (QED) is 0.415. The molecule has 7 nitrogen and oxygen atoms in total. The van der Waals surface area contributed by atoms with E-state index < -0.39 is 0 Å². The van der Waals surface area contributed by atoms with E-state index in [1.807, 2.05) is 62.4 Å². The minimum absolute atomic E-state index is 0.140. The van der Waals surface area contributed by atoms with Crippen LogP contribution in [0.25, 0.3) is 6.08 Å². The number of ketones is 1. The lowest BCUT2D eigenvalue weighted by Crippen LogP contribution is -2.32. The maximum Gasteiger partial charge on any atom is 0.231 e. The van der Waals surface area contributed by atoms with E-state index in [9.17, 15) is 4.79 Å². The molecule has 0 unspecified atom stereocenters. The fourth-order valence-corrected chi connectivity index (χ4v) is 4.66. The molecule has 0 bridgehead atoms. The Bertz CT molecular complexity index is 1350. The molecular formula is C29H29NO6. The topological polar surface area (TPSA) is 66.5 Å². The summed E-state index contributed by atoms with van der Waals surface area (Å²) in [6, 6.07) is 15.4. The van der Waals surface area contributed by atoms with Crippen molar-refractivity contribution in [3.05, 3.63) is 82.1 Å². The van der Waals surface area contributed by atoms with Crippen LogP contribution >= 0.6 is 0 Å². The number of carbonyl (C=O) groups is 1. The Morgan fingerprint density at radius 2 is 1.81 bits per heavy atom. The zero-order valence-corrected chi connectivity index (χ0v) is 20.9. The second-order valence-electron chi connectivity index (χ2n) is 8.73. The van der Waals surface area contributed by atoms with Gasteiger partial charge in [-0.05, 0) is 49.8 Å². The van der Waals surface area contributed by atoms with Gasteiger partial charge >= 0.3 is 0 Å². The third kappa shape index (κ3) is 4.38. The Labute approximate surface area is 210 Å². The van der Waals surface area contributed by atoms with Gasteiger partial charge in [-0.15, -0.1) is 0 Å². The third-order valence-electron chi connectivity index (χ3n) is 6.36. The maximum atomic E-state index is 13.3. The number of carbonyl (C=O) groups excluding carboxylic acids is 1. The Kier molecular flexibility index (Phi) is 6.57. The van der Waals surface area contributed by atoms with Crippen LogP contribution in [-0.2, 0) is 13.1 Å². The molecule has 0 aliphatic carbocycles. The van der Waals surface area contributed by atoms with Crippen LogP contribution in [0.15, 0.2) is 54.3 Å². The highest BCUT2D eigenvalue weighted by Crippen LogP contribution is 2.43. The molecule has 7 heteroatoms. The summed E-state index contributed by atoms with van der Waals surface area (Å²) < 4.78 is 28.7. The number of para-hydroxylation sites is 1. The zero-order valence-electron chi connectivity index (χ0n) is 20.9. The number of benzene rings is 3. The van der Waals surface area contributed by atoms with Crippen LogP contribution < -0.4 is 23.7 Å². The first kappa shape index (κ1) is 23.8. The van der Waals surface area contributed by atoms with Gasteiger partial charge in [0.05, 0.1) is 26.4 Å². The molecule has 0 saturated heterocycles. The average molecular weight is 488 g/mol. The summed E-state index contributed by atoms with van der Waals surface area (Å²) in [5, 5.41) is 0. The van der Waals surface area contributed by atoms with Gasteiger partial charge < -0.3 is 23.7 Å². The van der Waals surface area contributed by atoms with Crippen molar-refractivity contribution in [1.29, 1.82) is 0 Å². The van der Waals surface area contributed by atoms with E-state index in [-0.39, 0.29) is 11.5 Å². The highest BCUT2D eigenvalue weighted by Gasteiger charge is 2.33. The molecular weight excluding hydrogens is 458 g/mol. The van der Waals surface area contributed by atoms with Crippen LogP contribution in [0.3, 0.4) is 0 Å². The second kappa shape index (κ2) is 9.95. The zero-order chi connectivity index (χ0) is 25.2. The van der Waals surface area contributed by atoms with Crippen molar-refractivity contribution in [1.82, 2.24) is 4.90 Å². The number of nitrogens with zero attached hydrogens (tertiary/aromatic N) is 1. The number of allylic oxidation sites excluding steroid dienone is 1. The van der Waals surface area contributed by atoms with Gasteiger partial charge in [0.2, 0.25) is 5.78 Å². The lowest BCUT2D eigenvalue weighted by molar-refractivity contribution is 0.0876. The lowest BCUT2D eigenvalue weighted by atomic mass is 9.99. The third-order valence-corrected chi connectivity index (χ3v) is 6.36. The normalized spacial score (nSPS) is 15.7. The summed E-state index contributed by atoms with van der Waals surface area (Å²) >= 11 is 0.